The maximum absolute atomic E-state index is 11.9. The summed E-state index contributed by atoms with van der Waals surface area (Å²) in [6.45, 7) is 3.00. The van der Waals surface area contributed by atoms with Crippen LogP contribution in [0, 0.1) is 0 Å². The largest absolute Gasteiger partial charge is 0.353 e. The van der Waals surface area contributed by atoms with Gasteiger partial charge in [0.2, 0.25) is 5.91 Å². The van der Waals surface area contributed by atoms with Gasteiger partial charge in [0.25, 0.3) is 0 Å². The number of hydrogen-bond donors (Lipinski definition) is 0. The minimum Gasteiger partial charge on any atom is -0.353 e. The molecule has 5 heteroatoms. The molecule has 0 radical (unpaired) electrons. The number of ether oxygens (including phenoxy) is 2. The summed E-state index contributed by atoms with van der Waals surface area (Å²) in [6.07, 6.45) is 4.77. The molecule has 0 bridgehead atoms. The summed E-state index contributed by atoms with van der Waals surface area (Å²) >= 11 is 0. The second-order valence-corrected chi connectivity index (χ2v) is 5.64. The molecule has 3 rings (SSSR count). The smallest absolute Gasteiger partial charge is 0.229 e. The maximum Gasteiger partial charge on any atom is 0.229 e. The van der Waals surface area contributed by atoms with Gasteiger partial charge in [-0.05, 0) is 37.8 Å². The van der Waals surface area contributed by atoms with Crippen molar-refractivity contribution >= 4 is 16.9 Å². The molecule has 1 aliphatic rings. The molecule has 1 unspecified atom stereocenters. The lowest BCUT2D eigenvalue weighted by Gasteiger charge is -2.22. The Morgan fingerprint density at radius 3 is 3.05 bits per heavy atom. The number of hydrogen-bond acceptors (Lipinski definition) is 4. The van der Waals surface area contributed by atoms with E-state index in [1.807, 2.05) is 24.3 Å². The Balaban J connectivity index is 1.61. The zero-order valence-corrected chi connectivity index (χ0v) is 13.0. The highest BCUT2D eigenvalue weighted by Crippen LogP contribution is 2.18. The number of imidazole rings is 1. The van der Waals surface area contributed by atoms with E-state index in [9.17, 15) is 4.79 Å². The average molecular weight is 302 g/mol. The molecule has 1 fully saturated rings. The first kappa shape index (κ1) is 15.2. The number of fused-ring (bicyclic) bond motifs is 1. The van der Waals surface area contributed by atoms with Crippen LogP contribution in [0.25, 0.3) is 11.0 Å². The molecule has 118 valence electrons. The zero-order chi connectivity index (χ0) is 15.4. The Hall–Kier alpha value is -1.72. The van der Waals surface area contributed by atoms with E-state index in [0.717, 1.165) is 49.1 Å². The molecule has 1 aromatic carbocycles. The van der Waals surface area contributed by atoms with Crippen LogP contribution in [0.15, 0.2) is 24.3 Å². The van der Waals surface area contributed by atoms with Gasteiger partial charge < -0.3 is 9.47 Å². The predicted molar refractivity (Wildman–Crippen MR) is 83.9 cm³/mol. The van der Waals surface area contributed by atoms with Gasteiger partial charge in [0.05, 0.1) is 17.6 Å². The molecule has 0 spiro atoms. The number of carbonyl (C=O) groups is 1. The van der Waals surface area contributed by atoms with Crippen molar-refractivity contribution in [3.63, 3.8) is 0 Å². The number of nitrogens with zero attached hydrogens (tertiary/aromatic N) is 2. The third-order valence-corrected chi connectivity index (χ3v) is 3.93. The van der Waals surface area contributed by atoms with Crippen molar-refractivity contribution in [3.8, 4) is 0 Å². The first-order valence-corrected chi connectivity index (χ1v) is 7.96. The molecular weight excluding hydrogens is 280 g/mol. The number of benzene rings is 1. The molecule has 1 atom stereocenters. The van der Waals surface area contributed by atoms with Crippen LogP contribution in [0.2, 0.25) is 0 Å². The van der Waals surface area contributed by atoms with Gasteiger partial charge in [-0.3, -0.25) is 9.36 Å². The Bertz CT molecular complexity index is 644. The van der Waals surface area contributed by atoms with Crippen LogP contribution in [0.1, 0.15) is 43.2 Å². The van der Waals surface area contributed by atoms with Gasteiger partial charge in [0, 0.05) is 20.0 Å². The van der Waals surface area contributed by atoms with Crippen molar-refractivity contribution in [1.82, 2.24) is 9.55 Å². The van der Waals surface area contributed by atoms with Crippen molar-refractivity contribution in [1.29, 1.82) is 0 Å². The first-order chi connectivity index (χ1) is 10.8. The lowest BCUT2D eigenvalue weighted by molar-refractivity contribution is -0.162. The van der Waals surface area contributed by atoms with Crippen molar-refractivity contribution in [2.45, 2.75) is 45.3 Å². The fraction of sp³-hybridized carbons (Fsp3) is 0.529. The minimum atomic E-state index is -0.0552. The minimum absolute atomic E-state index is 0.000215. The van der Waals surface area contributed by atoms with Gasteiger partial charge in [0.15, 0.2) is 6.29 Å². The number of rotatable bonds is 5. The van der Waals surface area contributed by atoms with E-state index in [4.69, 9.17) is 9.47 Å². The van der Waals surface area contributed by atoms with E-state index < -0.39 is 0 Å². The highest BCUT2D eigenvalue weighted by atomic mass is 16.7. The Labute approximate surface area is 130 Å². The lowest BCUT2D eigenvalue weighted by atomic mass is 10.2. The molecule has 5 nitrogen and oxygen atoms in total. The summed E-state index contributed by atoms with van der Waals surface area (Å²) in [5, 5.41) is 0. The molecule has 0 aliphatic carbocycles. The summed E-state index contributed by atoms with van der Waals surface area (Å²) in [4.78, 5) is 16.5. The zero-order valence-electron chi connectivity index (χ0n) is 13.0. The van der Waals surface area contributed by atoms with Crippen molar-refractivity contribution in [2.75, 3.05) is 13.2 Å². The quantitative estimate of drug-likeness (QED) is 0.796. The fourth-order valence-corrected chi connectivity index (χ4v) is 2.88. The van der Waals surface area contributed by atoms with E-state index in [-0.39, 0.29) is 12.2 Å². The standard InChI is InChI=1S/C17H22N2O3/c1-13(20)19-15-8-3-2-7-14(15)18-16(19)9-6-12-22-17-10-4-5-11-21-17/h2-3,7-8,17H,4-6,9-12H2,1H3. The van der Waals surface area contributed by atoms with E-state index in [0.29, 0.717) is 6.61 Å². The molecule has 0 saturated carbocycles. The molecule has 0 amide bonds. The van der Waals surface area contributed by atoms with Crippen molar-refractivity contribution in [2.24, 2.45) is 0 Å². The van der Waals surface area contributed by atoms with Crippen molar-refractivity contribution < 1.29 is 14.3 Å². The predicted octanol–water partition coefficient (Wildman–Crippen LogP) is 3.17. The molecule has 0 N–H and O–H groups in total. The monoisotopic (exact) mass is 302 g/mol. The van der Waals surface area contributed by atoms with Crippen LogP contribution in [0.4, 0.5) is 0 Å². The molecular formula is C17H22N2O3. The third-order valence-electron chi connectivity index (χ3n) is 3.93. The molecule has 22 heavy (non-hydrogen) atoms. The maximum atomic E-state index is 11.9. The summed E-state index contributed by atoms with van der Waals surface area (Å²) < 4.78 is 13.0. The Morgan fingerprint density at radius 1 is 1.41 bits per heavy atom. The van der Waals surface area contributed by atoms with E-state index in [1.54, 1.807) is 11.5 Å². The molecule has 1 saturated heterocycles. The van der Waals surface area contributed by atoms with Crippen LogP contribution in [0.5, 0.6) is 0 Å². The average Bonchev–Trinajstić information content (AvgIpc) is 2.91. The third kappa shape index (κ3) is 3.36. The van der Waals surface area contributed by atoms with Crippen LogP contribution in [0.3, 0.4) is 0 Å². The van der Waals surface area contributed by atoms with Crippen LogP contribution >= 0.6 is 0 Å². The topological polar surface area (TPSA) is 53.4 Å². The van der Waals surface area contributed by atoms with Gasteiger partial charge in [-0.25, -0.2) is 4.98 Å². The summed E-state index contributed by atoms with van der Waals surface area (Å²) in [7, 11) is 0. The summed E-state index contributed by atoms with van der Waals surface area (Å²) in [6, 6.07) is 7.73. The number of aryl methyl sites for hydroxylation is 1. The molecule has 1 aromatic heterocycles. The van der Waals surface area contributed by atoms with Crippen LogP contribution in [-0.2, 0) is 15.9 Å². The van der Waals surface area contributed by atoms with Crippen LogP contribution < -0.4 is 0 Å². The van der Waals surface area contributed by atoms with E-state index in [1.165, 1.54) is 6.42 Å². The number of carbonyl (C=O) groups excluding carboxylic acids is 1. The highest BCUT2D eigenvalue weighted by molar-refractivity contribution is 5.89. The van der Waals surface area contributed by atoms with Gasteiger partial charge in [-0.2, -0.15) is 0 Å². The van der Waals surface area contributed by atoms with Gasteiger partial charge >= 0.3 is 0 Å². The van der Waals surface area contributed by atoms with E-state index in [2.05, 4.69) is 4.98 Å². The molecule has 2 aromatic rings. The second kappa shape index (κ2) is 7.03. The molecule has 2 heterocycles. The Kier molecular flexibility index (Phi) is 4.85. The highest BCUT2D eigenvalue weighted by Gasteiger charge is 2.15. The Morgan fingerprint density at radius 2 is 2.27 bits per heavy atom. The summed E-state index contributed by atoms with van der Waals surface area (Å²) in [5.74, 6) is 0.807. The first-order valence-electron chi connectivity index (χ1n) is 7.96. The second-order valence-electron chi connectivity index (χ2n) is 5.64. The van der Waals surface area contributed by atoms with Crippen molar-refractivity contribution in [3.05, 3.63) is 30.1 Å². The number of para-hydroxylation sites is 2. The SMILES string of the molecule is CC(=O)n1c(CCCOC2CCCCO2)nc2ccccc21. The van der Waals surface area contributed by atoms with Gasteiger partial charge in [-0.1, -0.05) is 12.1 Å². The molecule has 1 aliphatic heterocycles. The van der Waals surface area contributed by atoms with Crippen LogP contribution in [-0.4, -0.2) is 35.0 Å². The van der Waals surface area contributed by atoms with Gasteiger partial charge in [-0.15, -0.1) is 0 Å². The lowest BCUT2D eigenvalue weighted by Crippen LogP contribution is -2.23. The fourth-order valence-electron chi connectivity index (χ4n) is 2.88. The van der Waals surface area contributed by atoms with E-state index >= 15 is 0 Å². The normalized spacial score (nSPS) is 18.7. The number of aromatic nitrogens is 2. The summed E-state index contributed by atoms with van der Waals surface area (Å²) in [5.41, 5.74) is 1.74. The van der Waals surface area contributed by atoms with Gasteiger partial charge in [0.1, 0.15) is 5.82 Å².